The Labute approximate surface area is 148 Å². The fourth-order valence-electron chi connectivity index (χ4n) is 8.18. The molecule has 24 heavy (non-hydrogen) atoms. The van der Waals surface area contributed by atoms with Crippen LogP contribution in [0.25, 0.3) is 0 Å². The lowest BCUT2D eigenvalue weighted by Crippen LogP contribution is -2.53. The SMILES string of the molecule is CN=C(CO)[C@H]1CCC2C3CCC4CCCCC4(C)C3CCC21C. The van der Waals surface area contributed by atoms with Gasteiger partial charge in [0.25, 0.3) is 0 Å². The Kier molecular flexibility index (Phi) is 4.34. The lowest BCUT2D eigenvalue weighted by Gasteiger charge is -2.60. The van der Waals surface area contributed by atoms with Gasteiger partial charge < -0.3 is 5.11 Å². The zero-order chi connectivity index (χ0) is 16.9. The number of rotatable bonds is 2. The van der Waals surface area contributed by atoms with E-state index in [0.29, 0.717) is 16.7 Å². The van der Waals surface area contributed by atoms with Crippen molar-refractivity contribution in [2.45, 2.75) is 78.1 Å². The lowest BCUT2D eigenvalue weighted by atomic mass is 9.45. The van der Waals surface area contributed by atoms with Gasteiger partial charge in [-0.05, 0) is 85.9 Å². The summed E-state index contributed by atoms with van der Waals surface area (Å²) in [4.78, 5) is 4.47. The van der Waals surface area contributed by atoms with Crippen LogP contribution in [-0.2, 0) is 0 Å². The maximum atomic E-state index is 9.79. The highest BCUT2D eigenvalue weighted by Gasteiger charge is 2.60. The van der Waals surface area contributed by atoms with Gasteiger partial charge in [-0.15, -0.1) is 0 Å². The summed E-state index contributed by atoms with van der Waals surface area (Å²) in [6.45, 7) is 5.37. The van der Waals surface area contributed by atoms with Crippen LogP contribution in [0.1, 0.15) is 78.1 Å². The fraction of sp³-hybridized carbons (Fsp3) is 0.955. The normalized spacial score (nSPS) is 51.7. The highest BCUT2D eigenvalue weighted by Crippen LogP contribution is 2.67. The van der Waals surface area contributed by atoms with Crippen molar-refractivity contribution in [3.8, 4) is 0 Å². The standard InChI is InChI=1S/C22H37NO/c1-21-12-5-4-6-15(21)7-8-16-17-9-10-19(20(14-24)23-3)22(17,2)13-11-18(16)21/h15-19,24H,4-14H2,1-3H3/t15?,16?,17?,18?,19-,21?,22?/m1/s1. The van der Waals surface area contributed by atoms with Crippen LogP contribution in [-0.4, -0.2) is 24.5 Å². The molecule has 0 spiro atoms. The molecule has 136 valence electrons. The fourth-order valence-corrected chi connectivity index (χ4v) is 8.18. The van der Waals surface area contributed by atoms with Crippen molar-refractivity contribution in [2.24, 2.45) is 45.4 Å². The van der Waals surface area contributed by atoms with E-state index in [4.69, 9.17) is 0 Å². The first-order chi connectivity index (χ1) is 11.5. The van der Waals surface area contributed by atoms with E-state index >= 15 is 0 Å². The van der Waals surface area contributed by atoms with Crippen LogP contribution in [0, 0.1) is 40.4 Å². The van der Waals surface area contributed by atoms with E-state index in [1.807, 2.05) is 7.05 Å². The Morgan fingerprint density at radius 1 is 0.917 bits per heavy atom. The zero-order valence-corrected chi connectivity index (χ0v) is 16.1. The van der Waals surface area contributed by atoms with Gasteiger partial charge in [-0.3, -0.25) is 4.99 Å². The van der Waals surface area contributed by atoms with Crippen molar-refractivity contribution >= 4 is 5.71 Å². The number of fused-ring (bicyclic) bond motifs is 5. The average Bonchev–Trinajstić information content (AvgIpc) is 2.93. The summed E-state index contributed by atoms with van der Waals surface area (Å²) in [7, 11) is 1.88. The van der Waals surface area contributed by atoms with Gasteiger partial charge in [0.1, 0.15) is 0 Å². The monoisotopic (exact) mass is 331 g/mol. The van der Waals surface area contributed by atoms with Crippen LogP contribution in [0.5, 0.6) is 0 Å². The molecule has 0 aromatic carbocycles. The number of hydrogen-bond acceptors (Lipinski definition) is 2. The molecule has 0 radical (unpaired) electrons. The molecule has 4 saturated carbocycles. The molecule has 0 saturated heterocycles. The van der Waals surface area contributed by atoms with Crippen LogP contribution >= 0.6 is 0 Å². The summed E-state index contributed by atoms with van der Waals surface area (Å²) in [5, 5.41) is 9.79. The second kappa shape index (κ2) is 6.11. The number of aliphatic imine (C=N–C) groups is 1. The van der Waals surface area contributed by atoms with Crippen molar-refractivity contribution in [3.63, 3.8) is 0 Å². The topological polar surface area (TPSA) is 32.6 Å². The summed E-state index contributed by atoms with van der Waals surface area (Å²) in [5.74, 6) is 4.35. The summed E-state index contributed by atoms with van der Waals surface area (Å²) in [6, 6.07) is 0. The van der Waals surface area contributed by atoms with Crippen LogP contribution in [0.15, 0.2) is 4.99 Å². The predicted octanol–water partition coefficient (Wildman–Crippen LogP) is 5.10. The Morgan fingerprint density at radius 3 is 2.46 bits per heavy atom. The van der Waals surface area contributed by atoms with Crippen LogP contribution < -0.4 is 0 Å². The van der Waals surface area contributed by atoms with E-state index in [9.17, 15) is 5.11 Å². The van der Waals surface area contributed by atoms with Gasteiger partial charge in [-0.1, -0.05) is 26.7 Å². The van der Waals surface area contributed by atoms with Crippen LogP contribution in [0.3, 0.4) is 0 Å². The highest BCUT2D eigenvalue weighted by molar-refractivity contribution is 5.88. The first-order valence-electron chi connectivity index (χ1n) is 10.6. The molecular formula is C22H37NO. The molecule has 0 aliphatic heterocycles. The number of aliphatic hydroxyl groups is 1. The minimum absolute atomic E-state index is 0.164. The summed E-state index contributed by atoms with van der Waals surface area (Å²) >= 11 is 0. The van der Waals surface area contributed by atoms with Crippen molar-refractivity contribution in [2.75, 3.05) is 13.7 Å². The molecule has 7 atom stereocenters. The molecule has 0 amide bonds. The molecule has 4 rings (SSSR count). The Bertz CT molecular complexity index is 514. The number of nitrogens with zero attached hydrogens (tertiary/aromatic N) is 1. The van der Waals surface area contributed by atoms with E-state index < -0.39 is 0 Å². The molecule has 1 N–H and O–H groups in total. The van der Waals surface area contributed by atoms with Crippen molar-refractivity contribution in [3.05, 3.63) is 0 Å². The maximum Gasteiger partial charge on any atom is 0.0812 e. The van der Waals surface area contributed by atoms with E-state index in [1.54, 1.807) is 0 Å². The van der Waals surface area contributed by atoms with E-state index in [2.05, 4.69) is 18.8 Å². The van der Waals surface area contributed by atoms with Gasteiger partial charge in [-0.2, -0.15) is 0 Å². The molecule has 2 heteroatoms. The van der Waals surface area contributed by atoms with Gasteiger partial charge in [0.05, 0.1) is 6.61 Å². The van der Waals surface area contributed by atoms with Crippen molar-refractivity contribution in [1.82, 2.24) is 0 Å². The Morgan fingerprint density at radius 2 is 1.71 bits per heavy atom. The van der Waals surface area contributed by atoms with Crippen LogP contribution in [0.4, 0.5) is 0 Å². The van der Waals surface area contributed by atoms with Crippen molar-refractivity contribution in [1.29, 1.82) is 0 Å². The molecule has 0 heterocycles. The van der Waals surface area contributed by atoms with Gasteiger partial charge in [-0.25, -0.2) is 0 Å². The first kappa shape index (κ1) is 17.1. The predicted molar refractivity (Wildman–Crippen MR) is 100 cm³/mol. The maximum absolute atomic E-state index is 9.79. The van der Waals surface area contributed by atoms with Gasteiger partial charge in [0.2, 0.25) is 0 Å². The van der Waals surface area contributed by atoms with Crippen LogP contribution in [0.2, 0.25) is 0 Å². The summed E-state index contributed by atoms with van der Waals surface area (Å²) in [6.07, 6.45) is 14.4. The minimum Gasteiger partial charge on any atom is -0.390 e. The third kappa shape index (κ3) is 2.27. The third-order valence-electron chi connectivity index (χ3n) is 9.43. The molecule has 2 nitrogen and oxygen atoms in total. The first-order valence-corrected chi connectivity index (χ1v) is 10.6. The number of hydrogen-bond donors (Lipinski definition) is 1. The molecule has 4 aliphatic carbocycles. The average molecular weight is 332 g/mol. The quantitative estimate of drug-likeness (QED) is 0.702. The largest absolute Gasteiger partial charge is 0.390 e. The third-order valence-corrected chi connectivity index (χ3v) is 9.43. The Hall–Kier alpha value is -0.370. The minimum atomic E-state index is 0.164. The van der Waals surface area contributed by atoms with E-state index in [0.717, 1.165) is 29.4 Å². The second-order valence-corrected chi connectivity index (χ2v) is 9.95. The molecule has 6 unspecified atom stereocenters. The van der Waals surface area contributed by atoms with Gasteiger partial charge >= 0.3 is 0 Å². The smallest absolute Gasteiger partial charge is 0.0812 e. The Balaban J connectivity index is 1.61. The lowest BCUT2D eigenvalue weighted by molar-refractivity contribution is -0.106. The number of aliphatic hydroxyl groups excluding tert-OH is 1. The van der Waals surface area contributed by atoms with Gasteiger partial charge in [0.15, 0.2) is 0 Å². The van der Waals surface area contributed by atoms with E-state index in [1.165, 1.54) is 64.2 Å². The van der Waals surface area contributed by atoms with E-state index in [-0.39, 0.29) is 6.61 Å². The molecular weight excluding hydrogens is 294 g/mol. The second-order valence-electron chi connectivity index (χ2n) is 9.95. The molecule has 0 aromatic heterocycles. The van der Waals surface area contributed by atoms with Crippen molar-refractivity contribution < 1.29 is 5.11 Å². The summed E-state index contributed by atoms with van der Waals surface area (Å²) in [5.41, 5.74) is 2.12. The van der Waals surface area contributed by atoms with Gasteiger partial charge in [0, 0.05) is 18.7 Å². The summed E-state index contributed by atoms with van der Waals surface area (Å²) < 4.78 is 0. The highest BCUT2D eigenvalue weighted by atomic mass is 16.3. The zero-order valence-electron chi connectivity index (χ0n) is 16.1. The molecule has 0 bridgehead atoms. The molecule has 4 aliphatic rings. The molecule has 4 fully saturated rings. The molecule has 0 aromatic rings.